The van der Waals surface area contributed by atoms with E-state index in [-0.39, 0.29) is 17.5 Å². The number of hydrogen-bond acceptors (Lipinski definition) is 8. The predicted octanol–water partition coefficient (Wildman–Crippen LogP) is 1.52. The summed E-state index contributed by atoms with van der Waals surface area (Å²) in [5.41, 5.74) is 0.529. The van der Waals surface area contributed by atoms with Crippen molar-refractivity contribution in [2.75, 3.05) is 49.1 Å². The van der Waals surface area contributed by atoms with Gasteiger partial charge in [0, 0.05) is 33.9 Å². The Balaban J connectivity index is 1.78. The van der Waals surface area contributed by atoms with E-state index in [2.05, 4.69) is 25.5 Å². The first-order valence-electron chi connectivity index (χ1n) is 8.01. The molecule has 0 aliphatic rings. The maximum absolute atomic E-state index is 12.9. The summed E-state index contributed by atoms with van der Waals surface area (Å²) in [5, 5.41) is 11.4. The number of nitrogens with zero attached hydrogens (tertiary/aromatic N) is 7. The van der Waals surface area contributed by atoms with Crippen molar-refractivity contribution in [3.05, 3.63) is 30.1 Å². The van der Waals surface area contributed by atoms with Gasteiger partial charge in [-0.25, -0.2) is 8.79 Å². The molecule has 3 aromatic rings. The Morgan fingerprint density at radius 3 is 2.44 bits per heavy atom. The average Bonchev–Trinajstić information content (AvgIpc) is 3.04. The Labute approximate surface area is 159 Å². The lowest BCUT2D eigenvalue weighted by Gasteiger charge is -2.17. The number of rotatable bonds is 6. The van der Waals surface area contributed by atoms with Crippen LogP contribution in [0.15, 0.2) is 29.4 Å². The van der Waals surface area contributed by atoms with Gasteiger partial charge < -0.3 is 15.1 Å². The Bertz CT molecular complexity index is 957. The lowest BCUT2D eigenvalue weighted by molar-refractivity contribution is -0.113. The third kappa shape index (κ3) is 4.25. The second-order valence-electron chi connectivity index (χ2n) is 6.07. The van der Waals surface area contributed by atoms with Crippen molar-refractivity contribution in [1.29, 1.82) is 0 Å². The molecule has 9 nitrogen and oxygen atoms in total. The molecule has 0 spiro atoms. The molecule has 0 bridgehead atoms. The minimum Gasteiger partial charge on any atom is -0.348 e. The van der Waals surface area contributed by atoms with Crippen LogP contribution in [0.5, 0.6) is 0 Å². The van der Waals surface area contributed by atoms with Crippen LogP contribution in [0.3, 0.4) is 0 Å². The van der Waals surface area contributed by atoms with Crippen LogP contribution in [-0.2, 0) is 4.79 Å². The van der Waals surface area contributed by atoms with Crippen LogP contribution in [0.4, 0.5) is 22.0 Å². The molecule has 0 unspecified atom stereocenters. The number of thioether (sulfide) groups is 1. The fraction of sp³-hybridized carbons (Fsp3) is 0.312. The van der Waals surface area contributed by atoms with Gasteiger partial charge in [0.05, 0.1) is 5.75 Å². The molecule has 1 N–H and O–H groups in total. The monoisotopic (exact) mass is 390 g/mol. The Morgan fingerprint density at radius 2 is 1.81 bits per heavy atom. The normalized spacial score (nSPS) is 10.9. The number of hydrogen-bond donors (Lipinski definition) is 1. The van der Waals surface area contributed by atoms with Crippen molar-refractivity contribution in [2.45, 2.75) is 5.16 Å². The number of fused-ring (bicyclic) bond motifs is 1. The van der Waals surface area contributed by atoms with Crippen molar-refractivity contribution in [1.82, 2.24) is 24.6 Å². The number of aromatic nitrogens is 5. The van der Waals surface area contributed by atoms with E-state index in [9.17, 15) is 9.18 Å². The average molecular weight is 390 g/mol. The van der Waals surface area contributed by atoms with E-state index in [0.717, 1.165) is 0 Å². The lowest BCUT2D eigenvalue weighted by Crippen LogP contribution is -2.20. The zero-order valence-corrected chi connectivity index (χ0v) is 16.2. The third-order valence-corrected chi connectivity index (χ3v) is 4.41. The van der Waals surface area contributed by atoms with E-state index in [1.807, 2.05) is 33.1 Å². The first-order valence-corrected chi connectivity index (χ1v) is 8.99. The van der Waals surface area contributed by atoms with Crippen LogP contribution in [0.2, 0.25) is 0 Å². The summed E-state index contributed by atoms with van der Waals surface area (Å²) in [5.74, 6) is 1.05. The van der Waals surface area contributed by atoms with Gasteiger partial charge in [-0.05, 0) is 24.3 Å². The quantitative estimate of drug-likeness (QED) is 0.634. The number of benzene rings is 1. The van der Waals surface area contributed by atoms with E-state index in [0.29, 0.717) is 28.5 Å². The van der Waals surface area contributed by atoms with Gasteiger partial charge in [0.2, 0.25) is 17.8 Å². The largest absolute Gasteiger partial charge is 0.348 e. The van der Waals surface area contributed by atoms with Gasteiger partial charge >= 0.3 is 0 Å². The number of carbonyl (C=O) groups excluding carboxylic acids is 1. The molecule has 3 rings (SSSR count). The number of nitrogens with one attached hydrogen (secondary N) is 1. The molecule has 2 heterocycles. The van der Waals surface area contributed by atoms with Gasteiger partial charge in [-0.3, -0.25) is 4.79 Å². The smallest absolute Gasteiger partial charge is 0.261 e. The fourth-order valence-corrected chi connectivity index (χ4v) is 2.94. The van der Waals surface area contributed by atoms with Crippen molar-refractivity contribution in [3.8, 4) is 0 Å². The zero-order chi connectivity index (χ0) is 19.6. The Hall–Kier alpha value is -2.95. The van der Waals surface area contributed by atoms with Crippen molar-refractivity contribution >= 4 is 41.0 Å². The molecule has 0 radical (unpaired) electrons. The second kappa shape index (κ2) is 7.74. The van der Waals surface area contributed by atoms with Gasteiger partial charge in [0.15, 0.2) is 5.16 Å². The van der Waals surface area contributed by atoms with Gasteiger partial charge in [-0.2, -0.15) is 9.97 Å². The predicted molar refractivity (Wildman–Crippen MR) is 103 cm³/mol. The molecule has 0 saturated carbocycles. The van der Waals surface area contributed by atoms with Gasteiger partial charge in [-0.1, -0.05) is 11.8 Å². The minimum absolute atomic E-state index is 0.112. The third-order valence-electron chi connectivity index (χ3n) is 3.48. The minimum atomic E-state index is -0.356. The van der Waals surface area contributed by atoms with E-state index in [4.69, 9.17) is 0 Å². The molecule has 0 fully saturated rings. The summed E-state index contributed by atoms with van der Waals surface area (Å²) in [6.45, 7) is 0. The zero-order valence-electron chi connectivity index (χ0n) is 15.3. The van der Waals surface area contributed by atoms with Gasteiger partial charge in [0.1, 0.15) is 5.82 Å². The first kappa shape index (κ1) is 18.8. The SMILES string of the molecule is CN(C)c1nc(N(C)C)n2c(SCC(=O)Nc3ccc(F)cc3)nnc2n1. The van der Waals surface area contributed by atoms with E-state index < -0.39 is 0 Å². The number of anilines is 3. The highest BCUT2D eigenvalue weighted by Gasteiger charge is 2.18. The van der Waals surface area contributed by atoms with Crippen molar-refractivity contribution < 1.29 is 9.18 Å². The first-order chi connectivity index (χ1) is 12.8. The number of amides is 1. The van der Waals surface area contributed by atoms with Crippen LogP contribution in [-0.4, -0.2) is 64.4 Å². The summed E-state index contributed by atoms with van der Waals surface area (Å²) < 4.78 is 14.6. The summed E-state index contributed by atoms with van der Waals surface area (Å²) in [6.07, 6.45) is 0. The maximum Gasteiger partial charge on any atom is 0.261 e. The highest BCUT2D eigenvalue weighted by molar-refractivity contribution is 7.99. The Morgan fingerprint density at radius 1 is 1.11 bits per heavy atom. The molecule has 0 aliphatic carbocycles. The standard InChI is InChI=1S/C16H19FN8OS/c1-23(2)13-19-14-21-22-16(25(14)15(20-13)24(3)4)27-9-12(26)18-11-7-5-10(17)6-8-11/h5-8H,9H2,1-4H3,(H,18,26). The molecule has 1 amide bonds. The number of halogens is 1. The highest BCUT2D eigenvalue weighted by atomic mass is 32.2. The molecular formula is C16H19FN8OS. The van der Waals surface area contributed by atoms with E-state index in [1.165, 1.54) is 36.0 Å². The molecule has 2 aromatic heterocycles. The van der Waals surface area contributed by atoms with Crippen LogP contribution in [0, 0.1) is 5.82 Å². The second-order valence-corrected chi connectivity index (χ2v) is 7.02. The topological polar surface area (TPSA) is 91.6 Å². The van der Waals surface area contributed by atoms with Crippen molar-refractivity contribution in [2.24, 2.45) is 0 Å². The summed E-state index contributed by atoms with van der Waals surface area (Å²) in [6, 6.07) is 5.59. The molecule has 0 saturated heterocycles. The number of carbonyl (C=O) groups is 1. The summed E-state index contributed by atoms with van der Waals surface area (Å²) in [7, 11) is 7.40. The van der Waals surface area contributed by atoms with E-state index >= 15 is 0 Å². The molecule has 1 aromatic carbocycles. The van der Waals surface area contributed by atoms with E-state index in [1.54, 1.807) is 9.30 Å². The van der Waals surface area contributed by atoms with Gasteiger partial charge in [0.25, 0.3) is 5.78 Å². The molecule has 27 heavy (non-hydrogen) atoms. The molecule has 11 heteroatoms. The summed E-state index contributed by atoms with van der Waals surface area (Å²) >= 11 is 1.22. The summed E-state index contributed by atoms with van der Waals surface area (Å²) in [4.78, 5) is 24.6. The van der Waals surface area contributed by atoms with Crippen LogP contribution >= 0.6 is 11.8 Å². The Kier molecular flexibility index (Phi) is 5.40. The van der Waals surface area contributed by atoms with Crippen LogP contribution < -0.4 is 15.1 Å². The highest BCUT2D eigenvalue weighted by Crippen LogP contribution is 2.23. The molecular weight excluding hydrogens is 371 g/mol. The molecule has 0 aliphatic heterocycles. The molecule has 142 valence electrons. The van der Waals surface area contributed by atoms with Crippen LogP contribution in [0.25, 0.3) is 5.78 Å². The van der Waals surface area contributed by atoms with Crippen molar-refractivity contribution in [3.63, 3.8) is 0 Å². The fourth-order valence-electron chi connectivity index (χ4n) is 2.22. The van der Waals surface area contributed by atoms with Gasteiger partial charge in [-0.15, -0.1) is 10.2 Å². The van der Waals surface area contributed by atoms with Crippen LogP contribution in [0.1, 0.15) is 0 Å². The maximum atomic E-state index is 12.9. The molecule has 0 atom stereocenters. The lowest BCUT2D eigenvalue weighted by atomic mass is 10.3.